The first-order valence-electron chi connectivity index (χ1n) is 7.02. The van der Waals surface area contributed by atoms with E-state index in [0.29, 0.717) is 0 Å². The molecule has 2 nitrogen and oxygen atoms in total. The fourth-order valence-corrected chi connectivity index (χ4v) is 2.98. The lowest BCUT2D eigenvalue weighted by Crippen LogP contribution is -1.92. The molecule has 3 rings (SSSR count). The summed E-state index contributed by atoms with van der Waals surface area (Å²) in [5.41, 5.74) is 8.99. The molecular weight excluding hydrogens is 244 g/mol. The summed E-state index contributed by atoms with van der Waals surface area (Å²) >= 11 is 0. The lowest BCUT2D eigenvalue weighted by Gasteiger charge is -2.09. The zero-order valence-corrected chi connectivity index (χ0v) is 12.2. The lowest BCUT2D eigenvalue weighted by molar-refractivity contribution is 1.05. The van der Waals surface area contributed by atoms with Gasteiger partial charge < -0.3 is 9.97 Å². The molecule has 0 radical (unpaired) electrons. The predicted octanol–water partition coefficient (Wildman–Crippen LogP) is 4.53. The molecule has 2 heterocycles. The van der Waals surface area contributed by atoms with E-state index in [2.05, 4.69) is 61.1 Å². The van der Waals surface area contributed by atoms with Crippen LogP contribution in [0.2, 0.25) is 0 Å². The molecule has 0 unspecified atom stereocenters. The van der Waals surface area contributed by atoms with E-state index in [0.717, 1.165) is 6.42 Å². The molecule has 0 saturated carbocycles. The van der Waals surface area contributed by atoms with Gasteiger partial charge in [-0.1, -0.05) is 17.7 Å². The highest BCUT2D eigenvalue weighted by Crippen LogP contribution is 2.28. The fraction of sp³-hybridized carbons (Fsp3) is 0.222. The Labute approximate surface area is 119 Å². The molecule has 0 fully saturated rings. The van der Waals surface area contributed by atoms with Crippen LogP contribution in [0.1, 0.15) is 28.1 Å². The summed E-state index contributed by atoms with van der Waals surface area (Å²) in [6.07, 6.45) is 2.88. The maximum absolute atomic E-state index is 3.55. The number of hydrogen-bond acceptors (Lipinski definition) is 0. The van der Waals surface area contributed by atoms with Crippen molar-refractivity contribution in [1.82, 2.24) is 9.97 Å². The van der Waals surface area contributed by atoms with Crippen molar-refractivity contribution >= 4 is 0 Å². The number of aromatic amines is 2. The van der Waals surface area contributed by atoms with Crippen LogP contribution in [0.15, 0.2) is 42.6 Å². The topological polar surface area (TPSA) is 31.6 Å². The van der Waals surface area contributed by atoms with E-state index in [4.69, 9.17) is 0 Å². The minimum Gasteiger partial charge on any atom is -0.365 e. The summed E-state index contributed by atoms with van der Waals surface area (Å²) in [6, 6.07) is 13.0. The van der Waals surface area contributed by atoms with Crippen molar-refractivity contribution in [2.24, 2.45) is 0 Å². The quantitative estimate of drug-likeness (QED) is 0.696. The summed E-state index contributed by atoms with van der Waals surface area (Å²) < 4.78 is 0. The Morgan fingerprint density at radius 2 is 1.65 bits per heavy atom. The van der Waals surface area contributed by atoms with E-state index in [1.807, 2.05) is 12.3 Å². The van der Waals surface area contributed by atoms with Crippen LogP contribution in [0.25, 0.3) is 11.3 Å². The van der Waals surface area contributed by atoms with Gasteiger partial charge in [0.25, 0.3) is 0 Å². The Kier molecular flexibility index (Phi) is 3.23. The predicted molar refractivity (Wildman–Crippen MR) is 84.0 cm³/mol. The van der Waals surface area contributed by atoms with Gasteiger partial charge in [-0.3, -0.25) is 0 Å². The van der Waals surface area contributed by atoms with E-state index in [-0.39, 0.29) is 0 Å². The third kappa shape index (κ3) is 2.42. The minimum absolute atomic E-state index is 0.914. The summed E-state index contributed by atoms with van der Waals surface area (Å²) in [5, 5.41) is 0. The molecule has 2 N–H and O–H groups in total. The molecule has 0 spiro atoms. The number of hydrogen-bond donors (Lipinski definition) is 2. The molecule has 0 amide bonds. The van der Waals surface area contributed by atoms with Crippen LogP contribution in [0.4, 0.5) is 0 Å². The third-order valence-electron chi connectivity index (χ3n) is 3.74. The number of benzene rings is 1. The maximum atomic E-state index is 3.55. The van der Waals surface area contributed by atoms with Crippen LogP contribution < -0.4 is 0 Å². The van der Waals surface area contributed by atoms with Crippen molar-refractivity contribution in [3.05, 3.63) is 70.7 Å². The number of rotatable bonds is 3. The first-order valence-corrected chi connectivity index (χ1v) is 7.02. The molecule has 0 aliphatic carbocycles. The van der Waals surface area contributed by atoms with Crippen molar-refractivity contribution < 1.29 is 0 Å². The SMILES string of the molecule is Cc1cc(C)c(-c2ccc(Cc3ccc[nH]3)[nH]2)c(C)c1. The Morgan fingerprint density at radius 1 is 0.900 bits per heavy atom. The molecule has 0 saturated heterocycles. The van der Waals surface area contributed by atoms with Gasteiger partial charge in [-0.15, -0.1) is 0 Å². The van der Waals surface area contributed by atoms with E-state index < -0.39 is 0 Å². The van der Waals surface area contributed by atoms with Crippen LogP contribution >= 0.6 is 0 Å². The van der Waals surface area contributed by atoms with Crippen LogP contribution in [0, 0.1) is 20.8 Å². The highest BCUT2D eigenvalue weighted by molar-refractivity contribution is 5.68. The monoisotopic (exact) mass is 264 g/mol. The molecule has 0 bridgehead atoms. The lowest BCUT2D eigenvalue weighted by atomic mass is 9.98. The van der Waals surface area contributed by atoms with Gasteiger partial charge in [0.2, 0.25) is 0 Å². The van der Waals surface area contributed by atoms with Gasteiger partial charge in [0.05, 0.1) is 0 Å². The van der Waals surface area contributed by atoms with Crippen LogP contribution in [-0.2, 0) is 6.42 Å². The summed E-state index contributed by atoms with van der Waals surface area (Å²) in [6.45, 7) is 6.51. The maximum Gasteiger partial charge on any atom is 0.0461 e. The van der Waals surface area contributed by atoms with Gasteiger partial charge in [0.15, 0.2) is 0 Å². The Morgan fingerprint density at radius 3 is 2.30 bits per heavy atom. The Balaban J connectivity index is 1.94. The number of H-pyrrole nitrogens is 2. The van der Waals surface area contributed by atoms with Gasteiger partial charge >= 0.3 is 0 Å². The van der Waals surface area contributed by atoms with Crippen molar-refractivity contribution in [2.45, 2.75) is 27.2 Å². The van der Waals surface area contributed by atoms with Gasteiger partial charge in [-0.2, -0.15) is 0 Å². The first-order chi connectivity index (χ1) is 9.63. The first kappa shape index (κ1) is 12.8. The van der Waals surface area contributed by atoms with Crippen molar-refractivity contribution in [3.63, 3.8) is 0 Å². The standard InChI is InChI=1S/C18H20N2/c1-12-9-13(2)18(14(3)10-12)17-7-6-16(20-17)11-15-5-4-8-19-15/h4-10,19-20H,11H2,1-3H3. The molecule has 2 aromatic heterocycles. The van der Waals surface area contributed by atoms with Crippen LogP contribution in [-0.4, -0.2) is 9.97 Å². The fourth-order valence-electron chi connectivity index (χ4n) is 2.98. The Hall–Kier alpha value is -2.22. The molecule has 0 aliphatic heterocycles. The second-order valence-corrected chi connectivity index (χ2v) is 5.54. The highest BCUT2D eigenvalue weighted by atomic mass is 14.7. The molecule has 3 aromatic rings. The molecule has 20 heavy (non-hydrogen) atoms. The molecule has 0 atom stereocenters. The van der Waals surface area contributed by atoms with Gasteiger partial charge in [0, 0.05) is 35.3 Å². The van der Waals surface area contributed by atoms with Gasteiger partial charge in [-0.25, -0.2) is 0 Å². The van der Waals surface area contributed by atoms with E-state index >= 15 is 0 Å². The van der Waals surface area contributed by atoms with E-state index in [1.54, 1.807) is 0 Å². The molecule has 1 aromatic carbocycles. The van der Waals surface area contributed by atoms with E-state index in [9.17, 15) is 0 Å². The number of nitrogens with one attached hydrogen (secondary N) is 2. The van der Waals surface area contributed by atoms with Crippen molar-refractivity contribution in [1.29, 1.82) is 0 Å². The molecule has 102 valence electrons. The molecular formula is C18H20N2. The Bertz CT molecular complexity index is 695. The van der Waals surface area contributed by atoms with Crippen LogP contribution in [0.5, 0.6) is 0 Å². The molecule has 2 heteroatoms. The average molecular weight is 264 g/mol. The zero-order chi connectivity index (χ0) is 14.1. The van der Waals surface area contributed by atoms with Gasteiger partial charge in [-0.05, 0) is 56.2 Å². The zero-order valence-electron chi connectivity index (χ0n) is 12.2. The molecule has 0 aliphatic rings. The van der Waals surface area contributed by atoms with Gasteiger partial charge in [0.1, 0.15) is 0 Å². The number of aryl methyl sites for hydroxylation is 3. The van der Waals surface area contributed by atoms with Crippen LogP contribution in [0.3, 0.4) is 0 Å². The second kappa shape index (κ2) is 5.04. The summed E-state index contributed by atoms with van der Waals surface area (Å²) in [4.78, 5) is 6.79. The van der Waals surface area contributed by atoms with Crippen molar-refractivity contribution in [2.75, 3.05) is 0 Å². The number of aromatic nitrogens is 2. The smallest absolute Gasteiger partial charge is 0.0461 e. The second-order valence-electron chi connectivity index (χ2n) is 5.54. The largest absolute Gasteiger partial charge is 0.365 e. The van der Waals surface area contributed by atoms with E-state index in [1.165, 1.54) is 39.3 Å². The summed E-state index contributed by atoms with van der Waals surface area (Å²) in [7, 11) is 0. The highest BCUT2D eigenvalue weighted by Gasteiger charge is 2.09. The normalized spacial score (nSPS) is 10.9. The summed E-state index contributed by atoms with van der Waals surface area (Å²) in [5.74, 6) is 0. The minimum atomic E-state index is 0.914. The third-order valence-corrected chi connectivity index (χ3v) is 3.74. The average Bonchev–Trinajstić information content (AvgIpc) is 3.00. The van der Waals surface area contributed by atoms with Crippen molar-refractivity contribution in [3.8, 4) is 11.3 Å².